The van der Waals surface area contributed by atoms with Crippen molar-refractivity contribution in [1.82, 2.24) is 4.72 Å². The third-order valence-electron chi connectivity index (χ3n) is 3.87. The summed E-state index contributed by atoms with van der Waals surface area (Å²) in [4.78, 5) is 11.8. The maximum Gasteiger partial charge on any atom is 0.338 e. The summed E-state index contributed by atoms with van der Waals surface area (Å²) in [5.41, 5.74) is 1.97. The fraction of sp³-hybridized carbons (Fsp3) is 0.278. The minimum Gasteiger partial charge on any atom is -0.465 e. The summed E-state index contributed by atoms with van der Waals surface area (Å²) in [7, 11) is -2.44. The zero-order valence-corrected chi connectivity index (χ0v) is 14.8. The van der Waals surface area contributed by atoms with E-state index in [2.05, 4.69) is 9.46 Å². The van der Waals surface area contributed by atoms with Gasteiger partial charge in [0.15, 0.2) is 0 Å². The van der Waals surface area contributed by atoms with Crippen molar-refractivity contribution < 1.29 is 17.9 Å². The Morgan fingerprint density at radius 1 is 1.17 bits per heavy atom. The Kier molecular flexibility index (Phi) is 5.75. The van der Waals surface area contributed by atoms with E-state index in [9.17, 15) is 13.2 Å². The molecule has 0 bridgehead atoms. The molecule has 0 radical (unpaired) electrons. The van der Waals surface area contributed by atoms with Crippen molar-refractivity contribution in [3.05, 3.63) is 65.2 Å². The zero-order valence-electron chi connectivity index (χ0n) is 13.9. The van der Waals surface area contributed by atoms with Gasteiger partial charge >= 0.3 is 5.97 Å². The fourth-order valence-corrected chi connectivity index (χ4v) is 3.47. The van der Waals surface area contributed by atoms with Gasteiger partial charge in [-0.25, -0.2) is 17.9 Å². The predicted octanol–water partition coefficient (Wildman–Crippen LogP) is 2.86. The topological polar surface area (TPSA) is 72.5 Å². The van der Waals surface area contributed by atoms with E-state index in [0.717, 1.165) is 5.56 Å². The molecule has 0 heterocycles. The van der Waals surface area contributed by atoms with Crippen LogP contribution >= 0.6 is 0 Å². The van der Waals surface area contributed by atoms with Gasteiger partial charge in [0.1, 0.15) is 0 Å². The minimum absolute atomic E-state index is 0.0338. The van der Waals surface area contributed by atoms with Gasteiger partial charge in [-0.15, -0.1) is 0 Å². The highest BCUT2D eigenvalue weighted by molar-refractivity contribution is 7.89. The highest BCUT2D eigenvalue weighted by atomic mass is 32.2. The molecule has 6 heteroatoms. The fourth-order valence-electron chi connectivity index (χ4n) is 2.32. The Bertz CT molecular complexity index is 816. The van der Waals surface area contributed by atoms with Gasteiger partial charge in [-0.3, -0.25) is 0 Å². The van der Waals surface area contributed by atoms with Crippen LogP contribution in [0.2, 0.25) is 0 Å². The third-order valence-corrected chi connectivity index (χ3v) is 5.29. The van der Waals surface area contributed by atoms with Gasteiger partial charge in [-0.1, -0.05) is 43.3 Å². The number of hydrogen-bond acceptors (Lipinski definition) is 4. The second-order valence-electron chi connectivity index (χ2n) is 5.63. The van der Waals surface area contributed by atoms with Crippen molar-refractivity contribution in [3.8, 4) is 0 Å². The van der Waals surface area contributed by atoms with Gasteiger partial charge in [-0.05, 0) is 36.1 Å². The predicted molar refractivity (Wildman–Crippen MR) is 92.6 cm³/mol. The van der Waals surface area contributed by atoms with Crippen LogP contribution in [0, 0.1) is 6.92 Å². The van der Waals surface area contributed by atoms with Gasteiger partial charge in [0.25, 0.3) is 0 Å². The minimum atomic E-state index is -3.70. The standard InChI is InChI=1S/C18H21NO4S/c1-13-9-10-16(11-17(13)18(20)23-3)24(21,22)19-12-14(2)15-7-5-4-6-8-15/h4-11,14,19H,12H2,1-3H3. The van der Waals surface area contributed by atoms with Gasteiger partial charge in [-0.2, -0.15) is 0 Å². The van der Waals surface area contributed by atoms with Crippen LogP contribution in [-0.2, 0) is 14.8 Å². The van der Waals surface area contributed by atoms with Crippen LogP contribution in [0.5, 0.6) is 0 Å². The molecule has 1 unspecified atom stereocenters. The zero-order chi connectivity index (χ0) is 17.7. The molecule has 2 rings (SSSR count). The average Bonchev–Trinajstić information content (AvgIpc) is 2.60. The van der Waals surface area contributed by atoms with E-state index in [1.165, 1.54) is 19.2 Å². The number of carbonyl (C=O) groups is 1. The second kappa shape index (κ2) is 7.59. The lowest BCUT2D eigenvalue weighted by Crippen LogP contribution is -2.28. The van der Waals surface area contributed by atoms with Crippen molar-refractivity contribution in [2.24, 2.45) is 0 Å². The van der Waals surface area contributed by atoms with Crippen LogP contribution in [0.3, 0.4) is 0 Å². The molecule has 1 N–H and O–H groups in total. The van der Waals surface area contributed by atoms with Crippen LogP contribution < -0.4 is 4.72 Å². The Morgan fingerprint density at radius 2 is 1.83 bits per heavy atom. The van der Waals surface area contributed by atoms with Crippen molar-refractivity contribution in [3.63, 3.8) is 0 Å². The van der Waals surface area contributed by atoms with E-state index in [1.54, 1.807) is 13.0 Å². The molecule has 0 aliphatic rings. The molecule has 2 aromatic rings. The summed E-state index contributed by atoms with van der Waals surface area (Å²) in [6.07, 6.45) is 0. The number of rotatable bonds is 6. The highest BCUT2D eigenvalue weighted by Crippen LogP contribution is 2.18. The Morgan fingerprint density at radius 3 is 2.46 bits per heavy atom. The molecule has 0 spiro atoms. The molecule has 0 aromatic heterocycles. The van der Waals surface area contributed by atoms with Crippen molar-refractivity contribution >= 4 is 16.0 Å². The average molecular weight is 347 g/mol. The number of aryl methyl sites for hydroxylation is 1. The third kappa shape index (κ3) is 4.21. The van der Waals surface area contributed by atoms with Crippen LogP contribution in [0.1, 0.15) is 34.3 Å². The Hall–Kier alpha value is -2.18. The smallest absolute Gasteiger partial charge is 0.338 e. The molecule has 1 atom stereocenters. The molecule has 24 heavy (non-hydrogen) atoms. The maximum absolute atomic E-state index is 12.5. The molecule has 128 valence electrons. The van der Waals surface area contributed by atoms with E-state index in [-0.39, 0.29) is 22.9 Å². The summed E-state index contributed by atoms with van der Waals surface area (Å²) in [5, 5.41) is 0. The van der Waals surface area contributed by atoms with E-state index in [1.807, 2.05) is 37.3 Å². The SMILES string of the molecule is COC(=O)c1cc(S(=O)(=O)NCC(C)c2ccccc2)ccc1C. The van der Waals surface area contributed by atoms with Crippen molar-refractivity contribution in [1.29, 1.82) is 0 Å². The second-order valence-corrected chi connectivity index (χ2v) is 7.40. The first-order chi connectivity index (χ1) is 11.3. The highest BCUT2D eigenvalue weighted by Gasteiger charge is 2.19. The van der Waals surface area contributed by atoms with E-state index >= 15 is 0 Å². The molecule has 0 saturated heterocycles. The normalized spacial score (nSPS) is 12.6. The molecule has 0 fully saturated rings. The van der Waals surface area contributed by atoms with Gasteiger partial charge in [0.05, 0.1) is 17.6 Å². The van der Waals surface area contributed by atoms with Crippen molar-refractivity contribution in [2.75, 3.05) is 13.7 Å². The lowest BCUT2D eigenvalue weighted by Gasteiger charge is -2.14. The van der Waals surface area contributed by atoms with Gasteiger partial charge < -0.3 is 4.74 Å². The number of nitrogens with one attached hydrogen (secondary N) is 1. The Labute approximate surface area is 142 Å². The van der Waals surface area contributed by atoms with Crippen LogP contribution in [0.25, 0.3) is 0 Å². The van der Waals surface area contributed by atoms with Crippen LogP contribution in [-0.4, -0.2) is 28.0 Å². The summed E-state index contributed by atoms with van der Waals surface area (Å²) in [6, 6.07) is 14.1. The van der Waals surface area contributed by atoms with Crippen molar-refractivity contribution in [2.45, 2.75) is 24.7 Å². The number of hydrogen-bond donors (Lipinski definition) is 1. The lowest BCUT2D eigenvalue weighted by molar-refractivity contribution is 0.0599. The number of benzene rings is 2. The number of sulfonamides is 1. The summed E-state index contributed by atoms with van der Waals surface area (Å²) in [6.45, 7) is 3.95. The molecule has 0 aliphatic heterocycles. The summed E-state index contributed by atoms with van der Waals surface area (Å²) >= 11 is 0. The number of esters is 1. The molecule has 0 amide bonds. The molecular formula is C18H21NO4S. The largest absolute Gasteiger partial charge is 0.465 e. The van der Waals surface area contributed by atoms with Crippen LogP contribution in [0.15, 0.2) is 53.4 Å². The monoisotopic (exact) mass is 347 g/mol. The van der Waals surface area contributed by atoms with E-state index in [0.29, 0.717) is 5.56 Å². The maximum atomic E-state index is 12.5. The van der Waals surface area contributed by atoms with E-state index < -0.39 is 16.0 Å². The molecule has 5 nitrogen and oxygen atoms in total. The Balaban J connectivity index is 2.17. The van der Waals surface area contributed by atoms with E-state index in [4.69, 9.17) is 0 Å². The van der Waals surface area contributed by atoms with Gasteiger partial charge in [0, 0.05) is 6.54 Å². The number of methoxy groups -OCH3 is 1. The quantitative estimate of drug-likeness (QED) is 0.816. The van der Waals surface area contributed by atoms with Crippen LogP contribution in [0.4, 0.5) is 0 Å². The molecule has 2 aromatic carbocycles. The first-order valence-corrected chi connectivity index (χ1v) is 9.07. The molecular weight excluding hydrogens is 326 g/mol. The number of ether oxygens (including phenoxy) is 1. The summed E-state index contributed by atoms with van der Waals surface area (Å²) < 4.78 is 32.2. The molecule has 0 aliphatic carbocycles. The lowest BCUT2D eigenvalue weighted by atomic mass is 10.0. The first-order valence-electron chi connectivity index (χ1n) is 7.58. The first kappa shape index (κ1) is 18.2. The number of carbonyl (C=O) groups excluding carboxylic acids is 1. The van der Waals surface area contributed by atoms with Gasteiger partial charge in [0.2, 0.25) is 10.0 Å². The summed E-state index contributed by atoms with van der Waals surface area (Å²) in [5.74, 6) is -0.520. The molecule has 0 saturated carbocycles.